The zero-order valence-corrected chi connectivity index (χ0v) is 19.6. The van der Waals surface area contributed by atoms with E-state index in [1.165, 1.54) is 36.8 Å². The number of nitrogens with zero attached hydrogens (tertiary/aromatic N) is 3. The van der Waals surface area contributed by atoms with E-state index >= 15 is 0 Å². The highest BCUT2D eigenvalue weighted by atomic mass is 16.4. The highest BCUT2D eigenvalue weighted by Gasteiger charge is 2.54. The molecule has 0 radical (unpaired) electrons. The summed E-state index contributed by atoms with van der Waals surface area (Å²) in [4.78, 5) is 59.2. The number of piperazine rings is 1. The average Bonchev–Trinajstić information content (AvgIpc) is 3.63. The molecule has 0 unspecified atom stereocenters. The molecule has 0 saturated carbocycles. The number of hydrogen-bond acceptors (Lipinski definition) is 6. The number of para-hydroxylation sites is 1. The van der Waals surface area contributed by atoms with Crippen molar-refractivity contribution in [2.75, 3.05) is 6.54 Å². The lowest BCUT2D eigenvalue weighted by Crippen LogP contribution is -2.70. The number of aromatic nitrogens is 1. The third kappa shape index (κ3) is 3.03. The van der Waals surface area contributed by atoms with Gasteiger partial charge in [0.2, 0.25) is 5.91 Å². The zero-order chi connectivity index (χ0) is 25.2. The molecule has 1 fully saturated rings. The first-order valence-corrected chi connectivity index (χ1v) is 11.5. The minimum absolute atomic E-state index is 0.152. The van der Waals surface area contributed by atoms with Gasteiger partial charge in [0.1, 0.15) is 12.6 Å². The number of carbonyl (C=O) groups is 4. The Balaban J connectivity index is 1.44. The summed E-state index contributed by atoms with van der Waals surface area (Å²) in [6, 6.07) is 12.6. The Hall–Kier alpha value is -4.60. The number of rotatable bonds is 3. The molecule has 10 heteroatoms. The van der Waals surface area contributed by atoms with Crippen LogP contribution in [0.2, 0.25) is 0 Å². The van der Waals surface area contributed by atoms with Crippen LogP contribution in [0.5, 0.6) is 0 Å². The molecule has 2 aliphatic rings. The van der Waals surface area contributed by atoms with Crippen LogP contribution in [0, 0.1) is 0 Å². The lowest BCUT2D eigenvalue weighted by molar-refractivity contribution is -0.173. The van der Waals surface area contributed by atoms with E-state index in [0.29, 0.717) is 5.01 Å². The number of fused-ring (bicyclic) bond motifs is 4. The Morgan fingerprint density at radius 2 is 1.61 bits per heavy atom. The summed E-state index contributed by atoms with van der Waals surface area (Å²) >= 11 is 0. The van der Waals surface area contributed by atoms with Crippen molar-refractivity contribution in [3.05, 3.63) is 83.8 Å². The summed E-state index contributed by atoms with van der Waals surface area (Å²) in [6.07, 6.45) is 2.81. The van der Waals surface area contributed by atoms with Gasteiger partial charge in [-0.1, -0.05) is 18.2 Å². The second-order valence-corrected chi connectivity index (χ2v) is 9.34. The van der Waals surface area contributed by atoms with Crippen LogP contribution in [-0.2, 0) is 21.5 Å². The van der Waals surface area contributed by atoms with E-state index in [2.05, 4.69) is 4.98 Å². The van der Waals surface area contributed by atoms with Gasteiger partial charge >= 0.3 is 11.8 Å². The van der Waals surface area contributed by atoms with Gasteiger partial charge in [-0.15, -0.1) is 0 Å². The van der Waals surface area contributed by atoms with Crippen LogP contribution in [0.15, 0.2) is 69.9 Å². The number of carbonyl (C=O) groups excluding carboxylic acids is 4. The molecule has 3 aromatic heterocycles. The van der Waals surface area contributed by atoms with Gasteiger partial charge in [0, 0.05) is 23.0 Å². The number of benzene rings is 1. The third-order valence-corrected chi connectivity index (χ3v) is 6.92. The van der Waals surface area contributed by atoms with E-state index < -0.39 is 41.8 Å². The Bertz CT molecular complexity index is 1470. The number of H-pyrrole nitrogens is 1. The van der Waals surface area contributed by atoms with Gasteiger partial charge < -0.3 is 18.7 Å². The monoisotopic (exact) mass is 486 g/mol. The maximum Gasteiger partial charge on any atom is 0.315 e. The fraction of sp³-hybridized carbons (Fsp3) is 0.231. The second-order valence-electron chi connectivity index (χ2n) is 9.34. The van der Waals surface area contributed by atoms with E-state index in [1.807, 2.05) is 38.1 Å². The van der Waals surface area contributed by atoms with Crippen LogP contribution in [0.4, 0.5) is 0 Å². The summed E-state index contributed by atoms with van der Waals surface area (Å²) < 4.78 is 10.4. The summed E-state index contributed by atoms with van der Waals surface area (Å²) in [6.45, 7) is 3.27. The standard InChI is InChI=1S/C26H22N4O6/c1-26(2)22-16(15-7-3-4-8-17(15)27-22)13-18-23(32)28(14-21(31)29(18)26)30(24(33)19-9-5-11-35-19)25(34)20-10-6-12-36-20/h3-12,18,27H,13-14H2,1-2H3/t18-/m0/s1. The molecule has 1 aromatic carbocycles. The van der Waals surface area contributed by atoms with Crippen molar-refractivity contribution in [2.24, 2.45) is 0 Å². The van der Waals surface area contributed by atoms with Gasteiger partial charge in [-0.3, -0.25) is 19.2 Å². The second kappa shape index (κ2) is 7.70. The number of aromatic amines is 1. The Morgan fingerprint density at radius 1 is 0.972 bits per heavy atom. The first kappa shape index (κ1) is 21.9. The number of imide groups is 1. The molecule has 4 amide bonds. The number of amides is 4. The first-order valence-electron chi connectivity index (χ1n) is 11.5. The quantitative estimate of drug-likeness (QED) is 0.445. The molecule has 10 nitrogen and oxygen atoms in total. The molecule has 182 valence electrons. The van der Waals surface area contributed by atoms with Crippen molar-refractivity contribution in [1.29, 1.82) is 0 Å². The molecule has 2 aliphatic heterocycles. The van der Waals surface area contributed by atoms with Gasteiger partial charge in [-0.25, -0.2) is 5.01 Å². The molecule has 1 N–H and O–H groups in total. The summed E-state index contributed by atoms with van der Waals surface area (Å²) in [5.41, 5.74) is 1.89. The average molecular weight is 486 g/mol. The van der Waals surface area contributed by atoms with Gasteiger partial charge in [-0.2, -0.15) is 5.01 Å². The number of hydrogen-bond donors (Lipinski definition) is 1. The molecule has 0 aliphatic carbocycles. The van der Waals surface area contributed by atoms with Gasteiger partial charge in [0.25, 0.3) is 5.91 Å². The van der Waals surface area contributed by atoms with Crippen LogP contribution in [-0.4, -0.2) is 56.1 Å². The fourth-order valence-electron chi connectivity index (χ4n) is 5.36. The SMILES string of the molecule is CC1(C)c2[nH]c3ccccc3c2C[C@H]2C(=O)N(N(C(=O)c3ccco3)C(=O)c3ccco3)CC(=O)N21. The molecule has 0 spiro atoms. The predicted molar refractivity (Wildman–Crippen MR) is 125 cm³/mol. The Labute approximate surface area is 205 Å². The lowest BCUT2D eigenvalue weighted by Gasteiger charge is -2.51. The van der Waals surface area contributed by atoms with Crippen molar-refractivity contribution in [2.45, 2.75) is 31.8 Å². The molecule has 5 heterocycles. The molecule has 1 atom stereocenters. The maximum absolute atomic E-state index is 14.0. The van der Waals surface area contributed by atoms with Crippen LogP contribution < -0.4 is 0 Å². The van der Waals surface area contributed by atoms with Crippen molar-refractivity contribution in [1.82, 2.24) is 19.9 Å². The Morgan fingerprint density at radius 3 is 2.22 bits per heavy atom. The molecule has 4 aromatic rings. The first-order chi connectivity index (χ1) is 17.3. The van der Waals surface area contributed by atoms with Gasteiger partial charge in [0.15, 0.2) is 11.5 Å². The normalized spacial score (nSPS) is 18.8. The third-order valence-electron chi connectivity index (χ3n) is 6.92. The van der Waals surface area contributed by atoms with E-state index in [4.69, 9.17) is 8.83 Å². The van der Waals surface area contributed by atoms with E-state index in [9.17, 15) is 19.2 Å². The highest BCUT2D eigenvalue weighted by Crippen LogP contribution is 2.43. The minimum atomic E-state index is -0.913. The topological polar surface area (TPSA) is 120 Å². The van der Waals surface area contributed by atoms with Crippen molar-refractivity contribution >= 4 is 34.5 Å². The predicted octanol–water partition coefficient (Wildman–Crippen LogP) is 3.08. The number of hydrazine groups is 1. The van der Waals surface area contributed by atoms with Crippen LogP contribution in [0.25, 0.3) is 10.9 Å². The van der Waals surface area contributed by atoms with E-state index in [-0.39, 0.29) is 17.9 Å². The molecule has 0 bridgehead atoms. The smallest absolute Gasteiger partial charge is 0.315 e. The van der Waals surface area contributed by atoms with Gasteiger partial charge in [-0.05, 0) is 49.7 Å². The molecule has 36 heavy (non-hydrogen) atoms. The fourth-order valence-corrected chi connectivity index (χ4v) is 5.36. The van der Waals surface area contributed by atoms with Gasteiger partial charge in [0.05, 0.1) is 18.1 Å². The van der Waals surface area contributed by atoms with E-state index in [0.717, 1.165) is 27.2 Å². The lowest BCUT2D eigenvalue weighted by atomic mass is 9.82. The molecule has 6 rings (SSSR count). The van der Waals surface area contributed by atoms with Crippen molar-refractivity contribution in [3.8, 4) is 0 Å². The highest BCUT2D eigenvalue weighted by molar-refractivity contribution is 6.10. The minimum Gasteiger partial charge on any atom is -0.459 e. The van der Waals surface area contributed by atoms with Crippen LogP contribution in [0.1, 0.15) is 46.2 Å². The van der Waals surface area contributed by atoms with Crippen LogP contribution in [0.3, 0.4) is 0 Å². The maximum atomic E-state index is 14.0. The van der Waals surface area contributed by atoms with Crippen molar-refractivity contribution < 1.29 is 28.0 Å². The molecular formula is C26H22N4O6. The molecule has 1 saturated heterocycles. The van der Waals surface area contributed by atoms with E-state index in [1.54, 1.807) is 4.90 Å². The molecular weight excluding hydrogens is 464 g/mol. The van der Waals surface area contributed by atoms with Crippen LogP contribution >= 0.6 is 0 Å². The summed E-state index contributed by atoms with van der Waals surface area (Å²) in [5, 5.41) is 2.52. The number of nitrogens with one attached hydrogen (secondary N) is 1. The summed E-state index contributed by atoms with van der Waals surface area (Å²) in [7, 11) is 0. The summed E-state index contributed by atoms with van der Waals surface area (Å²) in [5.74, 6) is -2.99. The largest absolute Gasteiger partial charge is 0.459 e. The number of furan rings is 2. The van der Waals surface area contributed by atoms with Crippen molar-refractivity contribution in [3.63, 3.8) is 0 Å². The Kier molecular flexibility index (Phi) is 4.69. The zero-order valence-electron chi connectivity index (χ0n) is 19.6.